The Hall–Kier alpha value is -1.06. The molecule has 0 aromatic carbocycles. The van der Waals surface area contributed by atoms with Crippen LogP contribution in [-0.4, -0.2) is 25.2 Å². The number of carbonyl (C=O) groups is 2. The van der Waals surface area contributed by atoms with E-state index in [2.05, 4.69) is 13.8 Å². The van der Waals surface area contributed by atoms with Crippen LogP contribution >= 0.6 is 0 Å². The summed E-state index contributed by atoms with van der Waals surface area (Å²) in [6.07, 6.45) is 2.93. The monoisotopic (exact) mass is 272 g/mol. The Morgan fingerprint density at radius 3 is 1.79 bits per heavy atom. The van der Waals surface area contributed by atoms with Crippen LogP contribution in [0, 0.1) is 11.3 Å². The van der Waals surface area contributed by atoms with Crippen LogP contribution in [0.3, 0.4) is 0 Å². The summed E-state index contributed by atoms with van der Waals surface area (Å²) in [6.45, 7) is 10.1. The van der Waals surface area contributed by atoms with Gasteiger partial charge in [0.25, 0.3) is 0 Å². The zero-order valence-corrected chi connectivity index (χ0v) is 13.0. The minimum Gasteiger partial charge on any atom is -0.465 e. The number of esters is 2. The molecule has 0 aromatic heterocycles. The molecule has 0 aliphatic rings. The Morgan fingerprint density at radius 1 is 1.00 bits per heavy atom. The Labute approximate surface area is 116 Å². The van der Waals surface area contributed by atoms with E-state index in [9.17, 15) is 9.59 Å². The van der Waals surface area contributed by atoms with Gasteiger partial charge < -0.3 is 9.47 Å². The first-order valence-corrected chi connectivity index (χ1v) is 7.32. The summed E-state index contributed by atoms with van der Waals surface area (Å²) in [4.78, 5) is 24.5. The van der Waals surface area contributed by atoms with Gasteiger partial charge in [-0.1, -0.05) is 33.6 Å². The molecule has 0 rings (SSSR count). The van der Waals surface area contributed by atoms with Crippen molar-refractivity contribution in [3.8, 4) is 0 Å². The first kappa shape index (κ1) is 17.9. The third-order valence-corrected chi connectivity index (χ3v) is 3.41. The summed E-state index contributed by atoms with van der Waals surface area (Å²) in [7, 11) is 0. The molecular weight excluding hydrogens is 244 g/mol. The highest BCUT2D eigenvalue weighted by molar-refractivity contribution is 6.00. The van der Waals surface area contributed by atoms with E-state index in [1.165, 1.54) is 0 Å². The number of hydrogen-bond donors (Lipinski definition) is 0. The van der Waals surface area contributed by atoms with Crippen molar-refractivity contribution < 1.29 is 19.1 Å². The molecular formula is C15H28O4. The van der Waals surface area contributed by atoms with Gasteiger partial charge in [-0.3, -0.25) is 9.59 Å². The third-order valence-electron chi connectivity index (χ3n) is 3.41. The van der Waals surface area contributed by atoms with Gasteiger partial charge in [-0.05, 0) is 32.6 Å². The standard InChI is InChI=1S/C15H28O4/c1-6-10-12(5)11-15(7-2,13(16)18-8-3)14(17)19-9-4/h12H,6-11H2,1-5H3. The number of rotatable bonds is 9. The molecule has 0 N–H and O–H groups in total. The highest BCUT2D eigenvalue weighted by atomic mass is 16.6. The summed E-state index contributed by atoms with van der Waals surface area (Å²) in [5.41, 5.74) is -1.14. The second-order valence-corrected chi connectivity index (χ2v) is 4.97. The van der Waals surface area contributed by atoms with Crippen molar-refractivity contribution in [2.24, 2.45) is 11.3 Å². The van der Waals surface area contributed by atoms with Gasteiger partial charge in [0, 0.05) is 0 Å². The van der Waals surface area contributed by atoms with Crippen LogP contribution in [0.15, 0.2) is 0 Å². The van der Waals surface area contributed by atoms with Crippen molar-refractivity contribution in [1.82, 2.24) is 0 Å². The number of carbonyl (C=O) groups excluding carboxylic acids is 2. The molecule has 0 aliphatic carbocycles. The van der Waals surface area contributed by atoms with E-state index in [4.69, 9.17) is 9.47 Å². The molecule has 1 unspecified atom stereocenters. The zero-order valence-electron chi connectivity index (χ0n) is 13.0. The van der Waals surface area contributed by atoms with Crippen LogP contribution in [0.2, 0.25) is 0 Å². The average Bonchev–Trinajstić information content (AvgIpc) is 2.36. The Balaban J connectivity index is 5.16. The lowest BCUT2D eigenvalue weighted by Gasteiger charge is -2.30. The van der Waals surface area contributed by atoms with E-state index in [0.29, 0.717) is 18.8 Å². The first-order valence-electron chi connectivity index (χ1n) is 7.32. The van der Waals surface area contributed by atoms with Gasteiger partial charge >= 0.3 is 11.9 Å². The Morgan fingerprint density at radius 2 is 1.47 bits per heavy atom. The number of ether oxygens (including phenoxy) is 2. The van der Waals surface area contributed by atoms with Crippen LogP contribution in [0.1, 0.15) is 60.3 Å². The minimum absolute atomic E-state index is 0.280. The van der Waals surface area contributed by atoms with E-state index in [-0.39, 0.29) is 13.2 Å². The molecule has 4 nitrogen and oxygen atoms in total. The average molecular weight is 272 g/mol. The lowest BCUT2D eigenvalue weighted by molar-refractivity contribution is -0.174. The quantitative estimate of drug-likeness (QED) is 0.477. The highest BCUT2D eigenvalue weighted by Gasteiger charge is 2.47. The molecule has 0 aromatic rings. The minimum atomic E-state index is -1.14. The smallest absolute Gasteiger partial charge is 0.323 e. The summed E-state index contributed by atoms with van der Waals surface area (Å²) in [5, 5.41) is 0. The van der Waals surface area contributed by atoms with Gasteiger partial charge in [-0.2, -0.15) is 0 Å². The largest absolute Gasteiger partial charge is 0.465 e. The molecule has 0 fully saturated rings. The molecule has 0 spiro atoms. The summed E-state index contributed by atoms with van der Waals surface area (Å²) >= 11 is 0. The van der Waals surface area contributed by atoms with Gasteiger partial charge in [0.1, 0.15) is 0 Å². The fourth-order valence-corrected chi connectivity index (χ4v) is 2.41. The van der Waals surface area contributed by atoms with Crippen molar-refractivity contribution in [2.75, 3.05) is 13.2 Å². The van der Waals surface area contributed by atoms with Crippen molar-refractivity contribution in [3.63, 3.8) is 0 Å². The summed E-state index contributed by atoms with van der Waals surface area (Å²) < 4.78 is 10.2. The first-order chi connectivity index (χ1) is 8.98. The fourth-order valence-electron chi connectivity index (χ4n) is 2.41. The van der Waals surface area contributed by atoms with Crippen LogP contribution in [-0.2, 0) is 19.1 Å². The van der Waals surface area contributed by atoms with Gasteiger partial charge in [0.05, 0.1) is 13.2 Å². The van der Waals surface area contributed by atoms with Gasteiger partial charge in [-0.25, -0.2) is 0 Å². The van der Waals surface area contributed by atoms with Crippen molar-refractivity contribution in [3.05, 3.63) is 0 Å². The summed E-state index contributed by atoms with van der Waals surface area (Å²) in [5.74, 6) is -0.600. The van der Waals surface area contributed by atoms with Gasteiger partial charge in [0.2, 0.25) is 0 Å². The molecule has 0 aliphatic heterocycles. The van der Waals surface area contributed by atoms with E-state index >= 15 is 0 Å². The molecule has 4 heteroatoms. The second-order valence-electron chi connectivity index (χ2n) is 4.97. The molecule has 0 saturated heterocycles. The third kappa shape index (κ3) is 4.84. The maximum absolute atomic E-state index is 12.2. The second kappa shape index (κ2) is 8.94. The molecule has 19 heavy (non-hydrogen) atoms. The van der Waals surface area contributed by atoms with E-state index in [0.717, 1.165) is 12.8 Å². The molecule has 112 valence electrons. The normalized spacial score (nSPS) is 12.9. The molecule has 0 amide bonds. The van der Waals surface area contributed by atoms with E-state index in [1.54, 1.807) is 13.8 Å². The van der Waals surface area contributed by atoms with Gasteiger partial charge in [0.15, 0.2) is 5.41 Å². The lowest BCUT2D eigenvalue weighted by Crippen LogP contribution is -2.43. The summed E-state index contributed by atoms with van der Waals surface area (Å²) in [6, 6.07) is 0. The zero-order chi connectivity index (χ0) is 14.9. The molecule has 0 radical (unpaired) electrons. The molecule has 0 saturated carbocycles. The van der Waals surface area contributed by atoms with Crippen molar-refractivity contribution in [1.29, 1.82) is 0 Å². The van der Waals surface area contributed by atoms with Crippen molar-refractivity contribution in [2.45, 2.75) is 60.3 Å². The Bertz CT molecular complexity index is 268. The molecule has 0 bridgehead atoms. The van der Waals surface area contributed by atoms with Crippen LogP contribution in [0.25, 0.3) is 0 Å². The van der Waals surface area contributed by atoms with E-state index < -0.39 is 17.4 Å². The molecule has 1 atom stereocenters. The van der Waals surface area contributed by atoms with Gasteiger partial charge in [-0.15, -0.1) is 0 Å². The fraction of sp³-hybridized carbons (Fsp3) is 0.867. The van der Waals surface area contributed by atoms with Crippen molar-refractivity contribution >= 4 is 11.9 Å². The predicted molar refractivity (Wildman–Crippen MR) is 74.7 cm³/mol. The maximum Gasteiger partial charge on any atom is 0.323 e. The van der Waals surface area contributed by atoms with Crippen LogP contribution in [0.5, 0.6) is 0 Å². The maximum atomic E-state index is 12.2. The Kier molecular flexibility index (Phi) is 8.44. The highest BCUT2D eigenvalue weighted by Crippen LogP contribution is 2.35. The molecule has 0 heterocycles. The van der Waals surface area contributed by atoms with Crippen LogP contribution < -0.4 is 0 Å². The number of hydrogen-bond acceptors (Lipinski definition) is 4. The topological polar surface area (TPSA) is 52.6 Å². The van der Waals surface area contributed by atoms with E-state index in [1.807, 2.05) is 6.92 Å². The van der Waals surface area contributed by atoms with Crippen LogP contribution in [0.4, 0.5) is 0 Å². The lowest BCUT2D eigenvalue weighted by atomic mass is 9.76. The predicted octanol–water partition coefficient (Wildman–Crippen LogP) is 3.34. The SMILES string of the molecule is CCCC(C)CC(CC)(C(=O)OCC)C(=O)OCC.